The molecule has 0 spiro atoms. The van der Waals surface area contributed by atoms with Crippen molar-refractivity contribution in [3.8, 4) is 22.6 Å². The van der Waals surface area contributed by atoms with Crippen LogP contribution in [0.2, 0.25) is 0 Å². The number of nitrogen functional groups attached to an aromatic ring is 1. The summed E-state index contributed by atoms with van der Waals surface area (Å²) in [6, 6.07) is 51.7. The summed E-state index contributed by atoms with van der Waals surface area (Å²) in [7, 11) is 0. The van der Waals surface area contributed by atoms with Crippen LogP contribution in [0.15, 0.2) is 146 Å². The maximum absolute atomic E-state index is 6.79. The second-order valence-corrected chi connectivity index (χ2v) is 12.6. The van der Waals surface area contributed by atoms with Crippen LogP contribution in [0.4, 0.5) is 5.69 Å². The van der Waals surface area contributed by atoms with Gasteiger partial charge in [0.1, 0.15) is 12.4 Å². The number of para-hydroxylation sites is 1. The molecule has 2 aromatic heterocycles. The smallest absolute Gasteiger partial charge is 0.143 e. The van der Waals surface area contributed by atoms with Gasteiger partial charge in [-0.25, -0.2) is 0 Å². The van der Waals surface area contributed by atoms with E-state index in [1.165, 1.54) is 58.5 Å². The molecule has 0 atom stereocenters. The molecule has 0 saturated heterocycles. The van der Waals surface area contributed by atoms with Crippen LogP contribution in [0, 0.1) is 0 Å². The molecule has 45 heavy (non-hydrogen) atoms. The summed E-state index contributed by atoms with van der Waals surface area (Å²) in [6.45, 7) is 0.436. The van der Waals surface area contributed by atoms with Gasteiger partial charge in [-0.2, -0.15) is 0 Å². The largest absolute Gasteiger partial charge is 0.487 e. The third kappa shape index (κ3) is 4.26. The molecule has 9 aromatic rings. The standard InChI is InChI=1S/C41H28N2OS/c42-41-37(19-21-39-40(41)34-23-30(16-20-38(34)45-39)27-8-2-1-3-9-27)44-25-26-14-17-31(18-15-26)43-35-13-7-6-12-32(35)33-22-28-10-4-5-11-29(28)24-36(33)43/h1-24H,25,42H2. The van der Waals surface area contributed by atoms with Crippen LogP contribution in [0.5, 0.6) is 5.75 Å². The molecule has 0 aliphatic rings. The maximum atomic E-state index is 6.79. The predicted octanol–water partition coefficient (Wildman–Crippen LogP) is 11.1. The fourth-order valence-corrected chi connectivity index (χ4v) is 7.75. The average molecular weight is 597 g/mol. The molecule has 0 fully saturated rings. The first-order valence-electron chi connectivity index (χ1n) is 15.2. The summed E-state index contributed by atoms with van der Waals surface area (Å²) >= 11 is 1.77. The van der Waals surface area contributed by atoms with Crippen molar-refractivity contribution in [2.45, 2.75) is 6.61 Å². The Balaban J connectivity index is 1.04. The van der Waals surface area contributed by atoms with Crippen molar-refractivity contribution in [3.05, 3.63) is 151 Å². The number of hydrogen-bond donors (Lipinski definition) is 1. The summed E-state index contributed by atoms with van der Waals surface area (Å²) in [5.41, 5.74) is 14.5. The van der Waals surface area contributed by atoms with E-state index >= 15 is 0 Å². The summed E-state index contributed by atoms with van der Waals surface area (Å²) < 4.78 is 11.1. The number of nitrogens with two attached hydrogens (primary N) is 1. The van der Waals surface area contributed by atoms with Crippen LogP contribution in [0.3, 0.4) is 0 Å². The number of fused-ring (bicyclic) bond motifs is 7. The molecule has 2 N–H and O–H groups in total. The predicted molar refractivity (Wildman–Crippen MR) is 192 cm³/mol. The first-order valence-corrected chi connectivity index (χ1v) is 16.0. The number of rotatable bonds is 5. The number of aromatic nitrogens is 1. The number of ether oxygens (including phenoxy) is 1. The molecule has 0 aliphatic carbocycles. The van der Waals surface area contributed by atoms with Gasteiger partial charge in [0, 0.05) is 36.6 Å². The Morgan fingerprint density at radius 1 is 0.556 bits per heavy atom. The minimum atomic E-state index is 0.436. The Bertz CT molecular complexity index is 2540. The fraction of sp³-hybridized carbons (Fsp3) is 0.0244. The normalized spacial score (nSPS) is 11.7. The van der Waals surface area contributed by atoms with Gasteiger partial charge in [-0.15, -0.1) is 11.3 Å². The quantitative estimate of drug-likeness (QED) is 0.201. The molecular formula is C41H28N2OS. The van der Waals surface area contributed by atoms with Crippen LogP contribution in [-0.4, -0.2) is 4.57 Å². The van der Waals surface area contributed by atoms with Gasteiger partial charge < -0.3 is 15.0 Å². The molecule has 0 unspecified atom stereocenters. The second-order valence-electron chi connectivity index (χ2n) is 11.6. The lowest BCUT2D eigenvalue weighted by atomic mass is 10.0. The lowest BCUT2D eigenvalue weighted by Crippen LogP contribution is -2.00. The lowest BCUT2D eigenvalue weighted by Gasteiger charge is -2.12. The first-order chi connectivity index (χ1) is 22.2. The Kier molecular flexibility index (Phi) is 5.90. The monoisotopic (exact) mass is 596 g/mol. The minimum Gasteiger partial charge on any atom is -0.487 e. The highest BCUT2D eigenvalue weighted by Gasteiger charge is 2.15. The maximum Gasteiger partial charge on any atom is 0.143 e. The molecule has 3 nitrogen and oxygen atoms in total. The van der Waals surface area contributed by atoms with Gasteiger partial charge in [0.15, 0.2) is 0 Å². The third-order valence-corrected chi connectivity index (χ3v) is 10.0. The molecule has 9 rings (SSSR count). The second kappa shape index (κ2) is 10.3. The molecule has 0 saturated carbocycles. The number of anilines is 1. The van der Waals surface area contributed by atoms with Crippen LogP contribution >= 0.6 is 11.3 Å². The molecule has 0 bridgehead atoms. The zero-order chi connectivity index (χ0) is 29.9. The molecule has 7 aromatic carbocycles. The zero-order valence-electron chi connectivity index (χ0n) is 24.4. The van der Waals surface area contributed by atoms with E-state index in [1.54, 1.807) is 11.3 Å². The molecule has 0 amide bonds. The molecule has 0 radical (unpaired) electrons. The lowest BCUT2D eigenvalue weighted by molar-refractivity contribution is 0.308. The van der Waals surface area contributed by atoms with Gasteiger partial charge in [-0.1, -0.05) is 91.0 Å². The summed E-state index contributed by atoms with van der Waals surface area (Å²) in [5, 5.41) is 7.25. The van der Waals surface area contributed by atoms with E-state index in [1.807, 2.05) is 12.1 Å². The Hall–Kier alpha value is -5.58. The van der Waals surface area contributed by atoms with E-state index in [2.05, 4.69) is 138 Å². The Labute approximate surface area is 264 Å². The fourth-order valence-electron chi connectivity index (χ4n) is 6.65. The van der Waals surface area contributed by atoms with Gasteiger partial charge in [0.2, 0.25) is 0 Å². The van der Waals surface area contributed by atoms with E-state index in [9.17, 15) is 0 Å². The van der Waals surface area contributed by atoms with Crippen LogP contribution in [0.1, 0.15) is 5.56 Å². The van der Waals surface area contributed by atoms with E-state index in [-0.39, 0.29) is 0 Å². The van der Waals surface area contributed by atoms with Crippen molar-refractivity contribution in [2.75, 3.05) is 5.73 Å². The molecule has 4 heteroatoms. The van der Waals surface area contributed by atoms with Gasteiger partial charge in [-0.05, 0) is 82.1 Å². The number of thiophene rings is 1. The summed E-state index contributed by atoms with van der Waals surface area (Å²) in [4.78, 5) is 0. The van der Waals surface area contributed by atoms with Crippen molar-refractivity contribution in [1.29, 1.82) is 0 Å². The van der Waals surface area contributed by atoms with E-state index in [0.717, 1.165) is 16.6 Å². The number of nitrogens with zero attached hydrogens (tertiary/aromatic N) is 1. The van der Waals surface area contributed by atoms with Crippen LogP contribution in [-0.2, 0) is 6.61 Å². The molecule has 0 aliphatic heterocycles. The van der Waals surface area contributed by atoms with Crippen molar-refractivity contribution >= 4 is 69.8 Å². The van der Waals surface area contributed by atoms with Gasteiger partial charge >= 0.3 is 0 Å². The topological polar surface area (TPSA) is 40.2 Å². The van der Waals surface area contributed by atoms with Crippen molar-refractivity contribution in [3.63, 3.8) is 0 Å². The van der Waals surface area contributed by atoms with Crippen molar-refractivity contribution in [2.24, 2.45) is 0 Å². The Morgan fingerprint density at radius 3 is 2.13 bits per heavy atom. The van der Waals surface area contributed by atoms with E-state index in [4.69, 9.17) is 10.5 Å². The number of hydrogen-bond acceptors (Lipinski definition) is 3. The van der Waals surface area contributed by atoms with Gasteiger partial charge in [-0.3, -0.25) is 0 Å². The van der Waals surface area contributed by atoms with Crippen molar-refractivity contribution in [1.82, 2.24) is 4.57 Å². The molecular weight excluding hydrogens is 569 g/mol. The number of benzene rings is 7. The van der Waals surface area contributed by atoms with Gasteiger partial charge in [0.25, 0.3) is 0 Å². The highest BCUT2D eigenvalue weighted by Crippen LogP contribution is 2.43. The first kappa shape index (κ1) is 25.9. The molecule has 214 valence electrons. The van der Waals surface area contributed by atoms with Crippen LogP contribution in [0.25, 0.3) is 69.6 Å². The molecule has 2 heterocycles. The van der Waals surface area contributed by atoms with Gasteiger partial charge in [0.05, 0.1) is 16.7 Å². The minimum absolute atomic E-state index is 0.436. The highest BCUT2D eigenvalue weighted by atomic mass is 32.1. The van der Waals surface area contributed by atoms with E-state index in [0.29, 0.717) is 18.0 Å². The summed E-state index contributed by atoms with van der Waals surface area (Å²) in [5.74, 6) is 0.714. The van der Waals surface area contributed by atoms with Crippen LogP contribution < -0.4 is 10.5 Å². The average Bonchev–Trinajstić information content (AvgIpc) is 3.63. The zero-order valence-corrected chi connectivity index (χ0v) is 25.2. The SMILES string of the molecule is Nc1c(OCc2ccc(-n3c4ccccc4c4cc5ccccc5cc43)cc2)ccc2sc3ccc(-c4ccccc4)cc3c12. The highest BCUT2D eigenvalue weighted by molar-refractivity contribution is 7.26. The van der Waals surface area contributed by atoms with E-state index < -0.39 is 0 Å². The summed E-state index contributed by atoms with van der Waals surface area (Å²) in [6.07, 6.45) is 0. The van der Waals surface area contributed by atoms with Crippen molar-refractivity contribution < 1.29 is 4.74 Å². The third-order valence-electron chi connectivity index (χ3n) is 8.87. The Morgan fingerprint density at radius 2 is 1.29 bits per heavy atom.